The summed E-state index contributed by atoms with van der Waals surface area (Å²) in [5.74, 6) is 1.49. The fraction of sp³-hybridized carbons (Fsp3) is 0.229. The molecule has 8 heteroatoms. The number of thioether (sulfide) groups is 1. The number of unbranched alkanes of at least 4 members (excludes halogenated alkanes) is 1. The lowest BCUT2D eigenvalue weighted by molar-refractivity contribution is 0.0934. The molecule has 0 saturated carbocycles. The van der Waals surface area contributed by atoms with Crippen LogP contribution in [0.1, 0.15) is 58.7 Å². The molecule has 1 unspecified atom stereocenters. The molecule has 0 fully saturated rings. The molecule has 0 radical (unpaired) electrons. The highest BCUT2D eigenvalue weighted by Gasteiger charge is 2.25. The molecule has 1 heterocycles. The van der Waals surface area contributed by atoms with Crippen molar-refractivity contribution in [3.63, 3.8) is 0 Å². The predicted molar refractivity (Wildman–Crippen MR) is 169 cm³/mol. The summed E-state index contributed by atoms with van der Waals surface area (Å²) < 4.78 is 21.3. The van der Waals surface area contributed by atoms with Crippen LogP contribution in [0.15, 0.2) is 108 Å². The van der Waals surface area contributed by atoms with E-state index in [9.17, 15) is 9.18 Å². The minimum absolute atomic E-state index is 0.208. The maximum atomic E-state index is 13.6. The van der Waals surface area contributed by atoms with Gasteiger partial charge in [-0.3, -0.25) is 9.36 Å². The zero-order valence-corrected chi connectivity index (χ0v) is 25.2. The van der Waals surface area contributed by atoms with Crippen molar-refractivity contribution in [1.82, 2.24) is 20.1 Å². The second kappa shape index (κ2) is 14.6. The van der Waals surface area contributed by atoms with Crippen molar-refractivity contribution in [2.75, 3.05) is 6.61 Å². The Morgan fingerprint density at radius 1 is 0.907 bits per heavy atom. The highest BCUT2D eigenvalue weighted by atomic mass is 32.2. The van der Waals surface area contributed by atoms with Crippen LogP contribution >= 0.6 is 11.8 Å². The van der Waals surface area contributed by atoms with Gasteiger partial charge in [0.05, 0.1) is 12.6 Å². The first kappa shape index (κ1) is 30.0. The van der Waals surface area contributed by atoms with Crippen molar-refractivity contribution in [2.45, 2.75) is 50.1 Å². The smallest absolute Gasteiger partial charge is 0.251 e. The Balaban J connectivity index is 1.46. The van der Waals surface area contributed by atoms with Crippen LogP contribution < -0.4 is 10.1 Å². The van der Waals surface area contributed by atoms with Gasteiger partial charge >= 0.3 is 0 Å². The van der Waals surface area contributed by atoms with Crippen molar-refractivity contribution >= 4 is 17.7 Å². The number of nitrogens with zero attached hydrogens (tertiary/aromatic N) is 3. The first-order valence-corrected chi connectivity index (χ1v) is 15.5. The zero-order chi connectivity index (χ0) is 30.0. The number of aromatic nitrogens is 3. The number of benzene rings is 4. The van der Waals surface area contributed by atoms with E-state index in [1.54, 1.807) is 24.3 Å². The van der Waals surface area contributed by atoms with Gasteiger partial charge < -0.3 is 10.1 Å². The molecule has 1 atom stereocenters. The summed E-state index contributed by atoms with van der Waals surface area (Å²) in [6.07, 6.45) is 2.57. The number of carbonyl (C=O) groups is 1. The number of hydrogen-bond acceptors (Lipinski definition) is 5. The largest absolute Gasteiger partial charge is 0.494 e. The quantitative estimate of drug-likeness (QED) is 0.111. The summed E-state index contributed by atoms with van der Waals surface area (Å²) in [6.45, 7) is 4.81. The second-order valence-corrected chi connectivity index (χ2v) is 11.3. The van der Waals surface area contributed by atoms with E-state index in [1.807, 2.05) is 78.2 Å². The molecule has 5 rings (SSSR count). The zero-order valence-electron chi connectivity index (χ0n) is 24.4. The van der Waals surface area contributed by atoms with Crippen LogP contribution in [0.2, 0.25) is 0 Å². The van der Waals surface area contributed by atoms with E-state index in [0.29, 0.717) is 35.3 Å². The van der Waals surface area contributed by atoms with Gasteiger partial charge in [0.25, 0.3) is 5.91 Å². The van der Waals surface area contributed by atoms with Gasteiger partial charge in [0.2, 0.25) is 0 Å². The van der Waals surface area contributed by atoms with E-state index in [-0.39, 0.29) is 11.7 Å². The Hall–Kier alpha value is -4.43. The minimum Gasteiger partial charge on any atom is -0.494 e. The van der Waals surface area contributed by atoms with Crippen molar-refractivity contribution in [2.24, 2.45) is 0 Å². The van der Waals surface area contributed by atoms with E-state index < -0.39 is 6.04 Å². The first-order valence-electron chi connectivity index (χ1n) is 14.5. The lowest BCUT2D eigenvalue weighted by Crippen LogP contribution is -2.32. The van der Waals surface area contributed by atoms with Crippen molar-refractivity contribution in [3.8, 4) is 11.4 Å². The van der Waals surface area contributed by atoms with Crippen LogP contribution in [0.5, 0.6) is 5.75 Å². The third-order valence-electron chi connectivity index (χ3n) is 7.01. The highest BCUT2D eigenvalue weighted by Crippen LogP contribution is 2.29. The maximum Gasteiger partial charge on any atom is 0.251 e. The van der Waals surface area contributed by atoms with Gasteiger partial charge in [-0.1, -0.05) is 85.3 Å². The molecule has 43 heavy (non-hydrogen) atoms. The van der Waals surface area contributed by atoms with Gasteiger partial charge in [0, 0.05) is 17.0 Å². The molecule has 5 aromatic rings. The molecule has 6 nitrogen and oxygen atoms in total. The number of halogens is 1. The first-order chi connectivity index (χ1) is 21.0. The van der Waals surface area contributed by atoms with Crippen molar-refractivity contribution in [1.29, 1.82) is 0 Å². The molecule has 4 aromatic carbocycles. The lowest BCUT2D eigenvalue weighted by atomic mass is 10.0. The van der Waals surface area contributed by atoms with E-state index in [4.69, 9.17) is 4.74 Å². The molecule has 0 aliphatic rings. The summed E-state index contributed by atoms with van der Waals surface area (Å²) in [7, 11) is 0. The Morgan fingerprint density at radius 3 is 2.33 bits per heavy atom. The van der Waals surface area contributed by atoms with E-state index in [0.717, 1.165) is 41.0 Å². The van der Waals surface area contributed by atoms with Gasteiger partial charge in [-0.2, -0.15) is 0 Å². The van der Waals surface area contributed by atoms with Crippen molar-refractivity contribution in [3.05, 3.63) is 137 Å². The average molecular weight is 595 g/mol. The number of amides is 1. The molecule has 0 bridgehead atoms. The number of carbonyl (C=O) groups excluding carboxylic acids is 1. The summed E-state index contributed by atoms with van der Waals surface area (Å²) >= 11 is 1.51. The topological polar surface area (TPSA) is 69.0 Å². The molecule has 0 aliphatic heterocycles. The number of aryl methyl sites for hydroxylation is 1. The lowest BCUT2D eigenvalue weighted by Gasteiger charge is -2.20. The molecule has 0 saturated heterocycles. The van der Waals surface area contributed by atoms with E-state index >= 15 is 0 Å². The Kier molecular flexibility index (Phi) is 10.2. The summed E-state index contributed by atoms with van der Waals surface area (Å²) in [5, 5.41) is 13.1. The fourth-order valence-electron chi connectivity index (χ4n) is 4.60. The molecule has 1 N–H and O–H groups in total. The number of rotatable bonds is 13. The van der Waals surface area contributed by atoms with Gasteiger partial charge in [-0.25, -0.2) is 4.39 Å². The monoisotopic (exact) mass is 594 g/mol. The molecule has 220 valence electrons. The highest BCUT2D eigenvalue weighted by molar-refractivity contribution is 7.98. The molecular weight excluding hydrogens is 559 g/mol. The van der Waals surface area contributed by atoms with E-state index in [2.05, 4.69) is 22.4 Å². The Morgan fingerprint density at radius 2 is 1.63 bits per heavy atom. The minimum atomic E-state index is -0.468. The predicted octanol–water partition coefficient (Wildman–Crippen LogP) is 7.90. The summed E-state index contributed by atoms with van der Waals surface area (Å²) in [5.41, 5.74) is 4.60. The second-order valence-electron chi connectivity index (χ2n) is 10.4. The molecular formula is C35H35FN4O2S. The van der Waals surface area contributed by atoms with E-state index in [1.165, 1.54) is 23.9 Å². The Bertz CT molecular complexity index is 1610. The SMILES string of the molecule is CCCCOc1ccc(C(=O)NC(Cc2ccccc2)c2nnc(SCc3ccc(F)cc3)n2-c2ccc(C)cc2)cc1. The Labute approximate surface area is 256 Å². The number of ether oxygens (including phenoxy) is 1. The average Bonchev–Trinajstić information content (AvgIpc) is 3.45. The summed E-state index contributed by atoms with van der Waals surface area (Å²) in [4.78, 5) is 13.6. The normalized spacial score (nSPS) is 11.7. The molecule has 0 spiro atoms. The van der Waals surface area contributed by atoms with Crippen LogP contribution in [-0.4, -0.2) is 27.3 Å². The third-order valence-corrected chi connectivity index (χ3v) is 8.01. The van der Waals surface area contributed by atoms with Crippen molar-refractivity contribution < 1.29 is 13.9 Å². The van der Waals surface area contributed by atoms with Crippen LogP contribution in [0.4, 0.5) is 4.39 Å². The van der Waals surface area contributed by atoms with Gasteiger partial charge in [-0.15, -0.1) is 10.2 Å². The number of nitrogens with one attached hydrogen (secondary N) is 1. The van der Waals surface area contributed by atoms with Gasteiger partial charge in [0.15, 0.2) is 11.0 Å². The van der Waals surface area contributed by atoms with Gasteiger partial charge in [0.1, 0.15) is 11.6 Å². The molecule has 0 aliphatic carbocycles. The van der Waals surface area contributed by atoms with Crippen LogP contribution in [-0.2, 0) is 12.2 Å². The third kappa shape index (κ3) is 8.11. The standard InChI is InChI=1S/C35H35FN4O2S/c1-3-4-22-42-31-20-14-28(15-21-31)34(41)37-32(23-26-8-6-5-7-9-26)33-38-39-35(40(33)30-18-10-25(2)11-19-30)43-24-27-12-16-29(36)17-13-27/h5-21,32H,3-4,22-24H2,1-2H3,(H,37,41). The van der Waals surface area contributed by atoms with Crippen LogP contribution in [0.25, 0.3) is 5.69 Å². The van der Waals surface area contributed by atoms with Gasteiger partial charge in [-0.05, 0) is 79.4 Å². The molecule has 1 amide bonds. The summed E-state index contributed by atoms with van der Waals surface area (Å²) in [6, 6.07) is 31.4. The van der Waals surface area contributed by atoms with Crippen LogP contribution in [0.3, 0.4) is 0 Å². The number of hydrogen-bond donors (Lipinski definition) is 1. The molecule has 1 aromatic heterocycles. The maximum absolute atomic E-state index is 13.6. The van der Waals surface area contributed by atoms with Crippen LogP contribution in [0, 0.1) is 12.7 Å². The fourth-order valence-corrected chi connectivity index (χ4v) is 5.52.